The molecule has 0 aliphatic heterocycles. The molecule has 0 radical (unpaired) electrons. The standard InChI is InChI=1S/C19H16F3NO/c1-13-15(12-24-17-5-3-2-4-6-17)11-18(23-13)14-7-9-16(10-8-14)19(20,21)22/h2-11,23H,12H2,1H3. The van der Waals surface area contributed by atoms with Gasteiger partial charge in [0.25, 0.3) is 0 Å². The van der Waals surface area contributed by atoms with Crippen molar-refractivity contribution in [3.63, 3.8) is 0 Å². The number of benzene rings is 2. The van der Waals surface area contributed by atoms with Crippen LogP contribution in [-0.2, 0) is 12.8 Å². The van der Waals surface area contributed by atoms with Crippen molar-refractivity contribution in [1.29, 1.82) is 0 Å². The Morgan fingerprint density at radius 1 is 0.958 bits per heavy atom. The van der Waals surface area contributed by atoms with Crippen molar-refractivity contribution < 1.29 is 17.9 Å². The van der Waals surface area contributed by atoms with Crippen LogP contribution < -0.4 is 4.74 Å². The van der Waals surface area contributed by atoms with Crippen LogP contribution >= 0.6 is 0 Å². The molecule has 0 unspecified atom stereocenters. The third-order valence-corrected chi connectivity index (χ3v) is 3.78. The zero-order valence-electron chi connectivity index (χ0n) is 13.0. The lowest BCUT2D eigenvalue weighted by molar-refractivity contribution is -0.137. The van der Waals surface area contributed by atoms with Crippen LogP contribution in [0.4, 0.5) is 13.2 Å². The van der Waals surface area contributed by atoms with Crippen molar-refractivity contribution >= 4 is 0 Å². The highest BCUT2D eigenvalue weighted by molar-refractivity contribution is 5.62. The zero-order valence-corrected chi connectivity index (χ0v) is 13.0. The zero-order chi connectivity index (χ0) is 17.2. The molecule has 3 rings (SSSR count). The Hall–Kier alpha value is -2.69. The lowest BCUT2D eigenvalue weighted by Gasteiger charge is -2.06. The Morgan fingerprint density at radius 3 is 2.25 bits per heavy atom. The van der Waals surface area contributed by atoms with Crippen LogP contribution in [0.3, 0.4) is 0 Å². The van der Waals surface area contributed by atoms with Gasteiger partial charge in [0, 0.05) is 17.0 Å². The SMILES string of the molecule is Cc1[nH]c(-c2ccc(C(F)(F)F)cc2)cc1COc1ccccc1. The molecule has 0 amide bonds. The number of H-pyrrole nitrogens is 1. The smallest absolute Gasteiger partial charge is 0.416 e. The topological polar surface area (TPSA) is 25.0 Å². The van der Waals surface area contributed by atoms with Gasteiger partial charge in [-0.1, -0.05) is 30.3 Å². The molecule has 1 aromatic heterocycles. The normalized spacial score (nSPS) is 11.5. The number of aryl methyl sites for hydroxylation is 1. The fourth-order valence-corrected chi connectivity index (χ4v) is 2.42. The van der Waals surface area contributed by atoms with Gasteiger partial charge in [0.2, 0.25) is 0 Å². The molecule has 0 spiro atoms. The Bertz CT molecular complexity index is 805. The van der Waals surface area contributed by atoms with E-state index >= 15 is 0 Å². The predicted octanol–water partition coefficient (Wildman–Crippen LogP) is 5.59. The molecule has 0 fully saturated rings. The monoisotopic (exact) mass is 331 g/mol. The first-order chi connectivity index (χ1) is 11.4. The van der Waals surface area contributed by atoms with Crippen LogP contribution in [0.25, 0.3) is 11.3 Å². The largest absolute Gasteiger partial charge is 0.489 e. The molecular formula is C19H16F3NO. The minimum absolute atomic E-state index is 0.396. The van der Waals surface area contributed by atoms with E-state index in [2.05, 4.69) is 4.98 Å². The van der Waals surface area contributed by atoms with E-state index in [1.165, 1.54) is 12.1 Å². The van der Waals surface area contributed by atoms with Crippen LogP contribution in [0, 0.1) is 6.92 Å². The summed E-state index contributed by atoms with van der Waals surface area (Å²) in [6.45, 7) is 2.31. The molecule has 2 aromatic carbocycles. The van der Waals surface area contributed by atoms with E-state index in [4.69, 9.17) is 4.74 Å². The number of nitrogens with one attached hydrogen (secondary N) is 1. The summed E-state index contributed by atoms with van der Waals surface area (Å²) >= 11 is 0. The molecule has 0 atom stereocenters. The molecule has 0 aliphatic carbocycles. The first kappa shape index (κ1) is 16.2. The molecule has 0 aliphatic rings. The highest BCUT2D eigenvalue weighted by Crippen LogP contribution is 2.31. The van der Waals surface area contributed by atoms with E-state index in [0.29, 0.717) is 12.2 Å². The molecule has 124 valence electrons. The highest BCUT2D eigenvalue weighted by Gasteiger charge is 2.30. The van der Waals surface area contributed by atoms with Crippen molar-refractivity contribution in [1.82, 2.24) is 4.98 Å². The van der Waals surface area contributed by atoms with Gasteiger partial charge in [-0.15, -0.1) is 0 Å². The molecule has 0 bridgehead atoms. The van der Waals surface area contributed by atoms with Crippen LogP contribution in [-0.4, -0.2) is 4.98 Å². The highest BCUT2D eigenvalue weighted by atomic mass is 19.4. The minimum Gasteiger partial charge on any atom is -0.489 e. The average molecular weight is 331 g/mol. The third-order valence-electron chi connectivity index (χ3n) is 3.78. The van der Waals surface area contributed by atoms with Gasteiger partial charge in [0.15, 0.2) is 0 Å². The van der Waals surface area contributed by atoms with E-state index in [9.17, 15) is 13.2 Å². The van der Waals surface area contributed by atoms with Gasteiger partial charge in [0.1, 0.15) is 12.4 Å². The molecule has 5 heteroatoms. The molecule has 2 nitrogen and oxygen atoms in total. The number of halogens is 3. The molecule has 3 aromatic rings. The molecule has 1 N–H and O–H groups in total. The molecule has 24 heavy (non-hydrogen) atoms. The first-order valence-corrected chi connectivity index (χ1v) is 7.47. The maximum Gasteiger partial charge on any atom is 0.416 e. The fourth-order valence-electron chi connectivity index (χ4n) is 2.42. The summed E-state index contributed by atoms with van der Waals surface area (Å²) in [4.78, 5) is 3.19. The number of aromatic nitrogens is 1. The Morgan fingerprint density at radius 2 is 1.62 bits per heavy atom. The second kappa shape index (κ2) is 6.43. The second-order valence-corrected chi connectivity index (χ2v) is 5.51. The molecule has 0 saturated heterocycles. The first-order valence-electron chi connectivity index (χ1n) is 7.47. The fraction of sp³-hybridized carbons (Fsp3) is 0.158. The van der Waals surface area contributed by atoms with E-state index in [1.54, 1.807) is 0 Å². The lowest BCUT2D eigenvalue weighted by atomic mass is 10.1. The Kier molecular flexibility index (Phi) is 4.34. The van der Waals surface area contributed by atoms with Gasteiger partial charge in [0.05, 0.1) is 5.56 Å². The maximum absolute atomic E-state index is 12.6. The van der Waals surface area contributed by atoms with Crippen LogP contribution in [0.5, 0.6) is 5.75 Å². The van der Waals surface area contributed by atoms with Crippen molar-refractivity contribution in [2.45, 2.75) is 19.7 Å². The number of para-hydroxylation sites is 1. The summed E-state index contributed by atoms with van der Waals surface area (Å²) in [7, 11) is 0. The summed E-state index contributed by atoms with van der Waals surface area (Å²) in [6, 6.07) is 16.5. The summed E-state index contributed by atoms with van der Waals surface area (Å²) < 4.78 is 43.6. The van der Waals surface area contributed by atoms with E-state index in [1.807, 2.05) is 43.3 Å². The van der Waals surface area contributed by atoms with E-state index < -0.39 is 11.7 Å². The summed E-state index contributed by atoms with van der Waals surface area (Å²) in [5, 5.41) is 0. The molecular weight excluding hydrogens is 315 g/mol. The molecule has 1 heterocycles. The second-order valence-electron chi connectivity index (χ2n) is 5.51. The third kappa shape index (κ3) is 3.62. The van der Waals surface area contributed by atoms with Crippen molar-refractivity contribution in [3.8, 4) is 17.0 Å². The van der Waals surface area contributed by atoms with Crippen molar-refractivity contribution in [3.05, 3.63) is 77.5 Å². The van der Waals surface area contributed by atoms with Gasteiger partial charge >= 0.3 is 6.18 Å². The Labute approximate surface area is 137 Å². The summed E-state index contributed by atoms with van der Waals surface area (Å²) in [6.07, 6.45) is -4.32. The van der Waals surface area contributed by atoms with Gasteiger partial charge in [-0.25, -0.2) is 0 Å². The number of hydrogen-bond donors (Lipinski definition) is 1. The maximum atomic E-state index is 12.6. The quantitative estimate of drug-likeness (QED) is 0.662. The van der Waals surface area contributed by atoms with Crippen molar-refractivity contribution in [2.24, 2.45) is 0 Å². The number of aromatic amines is 1. The number of hydrogen-bond acceptors (Lipinski definition) is 1. The van der Waals surface area contributed by atoms with Gasteiger partial charge in [-0.05, 0) is 42.8 Å². The number of rotatable bonds is 4. The number of alkyl halides is 3. The van der Waals surface area contributed by atoms with E-state index in [0.717, 1.165) is 34.8 Å². The lowest BCUT2D eigenvalue weighted by Crippen LogP contribution is -2.03. The molecule has 0 saturated carbocycles. The van der Waals surface area contributed by atoms with Gasteiger partial charge < -0.3 is 9.72 Å². The van der Waals surface area contributed by atoms with E-state index in [-0.39, 0.29) is 0 Å². The minimum atomic E-state index is -4.32. The summed E-state index contributed by atoms with van der Waals surface area (Å²) in [5.41, 5.74) is 2.72. The van der Waals surface area contributed by atoms with Crippen LogP contribution in [0.1, 0.15) is 16.8 Å². The van der Waals surface area contributed by atoms with Gasteiger partial charge in [-0.2, -0.15) is 13.2 Å². The van der Waals surface area contributed by atoms with Crippen LogP contribution in [0.2, 0.25) is 0 Å². The van der Waals surface area contributed by atoms with Crippen LogP contribution in [0.15, 0.2) is 60.7 Å². The van der Waals surface area contributed by atoms with Crippen molar-refractivity contribution in [2.75, 3.05) is 0 Å². The van der Waals surface area contributed by atoms with Gasteiger partial charge in [-0.3, -0.25) is 0 Å². The average Bonchev–Trinajstić information content (AvgIpc) is 2.94. The number of ether oxygens (including phenoxy) is 1. The summed E-state index contributed by atoms with van der Waals surface area (Å²) in [5.74, 6) is 0.772. The predicted molar refractivity (Wildman–Crippen MR) is 86.7 cm³/mol. The Balaban J connectivity index is 1.76.